The Balaban J connectivity index is 1.83. The number of para-hydroxylation sites is 1. The van der Waals surface area contributed by atoms with E-state index >= 15 is 0 Å². The summed E-state index contributed by atoms with van der Waals surface area (Å²) in [6.07, 6.45) is 4.41. The van der Waals surface area contributed by atoms with Crippen LogP contribution in [-0.2, 0) is 13.0 Å². The van der Waals surface area contributed by atoms with Crippen LogP contribution in [0.2, 0.25) is 5.02 Å². The van der Waals surface area contributed by atoms with Gasteiger partial charge in [0.2, 0.25) is 0 Å². The van der Waals surface area contributed by atoms with Crippen molar-refractivity contribution in [2.45, 2.75) is 13.0 Å². The van der Waals surface area contributed by atoms with E-state index in [1.165, 1.54) is 0 Å². The number of benzene rings is 2. The van der Waals surface area contributed by atoms with Gasteiger partial charge in [-0.2, -0.15) is 0 Å². The molecule has 0 fully saturated rings. The number of aromatic nitrogens is 2. The molecule has 0 radical (unpaired) electrons. The highest BCUT2D eigenvalue weighted by Gasteiger charge is 2.08. The van der Waals surface area contributed by atoms with Crippen LogP contribution < -0.4 is 0 Å². The first-order chi connectivity index (χ1) is 10.6. The molecule has 5 heteroatoms. The Morgan fingerprint density at radius 2 is 2.00 bits per heavy atom. The summed E-state index contributed by atoms with van der Waals surface area (Å²) in [5, 5.41) is 10.6. The number of imidazole rings is 1. The number of nitrogens with zero attached hydrogens (tertiary/aromatic N) is 2. The van der Waals surface area contributed by atoms with Gasteiger partial charge in [-0.15, -0.1) is 0 Å². The van der Waals surface area contributed by atoms with Gasteiger partial charge in [0.1, 0.15) is 11.6 Å². The number of phenolic OH excluding ortho intramolecular Hbond substituents is 1. The molecule has 0 unspecified atom stereocenters. The first kappa shape index (κ1) is 15.1. The maximum absolute atomic E-state index is 9.90. The highest BCUT2D eigenvalue weighted by Crippen LogP contribution is 2.24. The standard InChI is InChI=1S/C17H14BrClN2O/c18-14-9-12(5-6-15(14)19)10-17-20-7-8-21(17)11-13-3-1-2-4-16(13)22/h1-9,22H,10-11H2. The van der Waals surface area contributed by atoms with E-state index in [1.807, 2.05) is 47.2 Å². The smallest absolute Gasteiger partial charge is 0.120 e. The Labute approximate surface area is 142 Å². The lowest BCUT2D eigenvalue weighted by Crippen LogP contribution is -2.05. The van der Waals surface area contributed by atoms with Gasteiger partial charge >= 0.3 is 0 Å². The molecule has 1 N–H and O–H groups in total. The second-order valence-electron chi connectivity index (χ2n) is 5.03. The molecule has 3 aromatic rings. The minimum atomic E-state index is 0.302. The van der Waals surface area contributed by atoms with Crippen molar-refractivity contribution in [1.82, 2.24) is 9.55 Å². The Hall–Kier alpha value is -1.78. The van der Waals surface area contributed by atoms with E-state index in [-0.39, 0.29) is 0 Å². The highest BCUT2D eigenvalue weighted by molar-refractivity contribution is 9.10. The molecular formula is C17H14BrClN2O. The molecule has 3 nitrogen and oxygen atoms in total. The van der Waals surface area contributed by atoms with Gasteiger partial charge < -0.3 is 9.67 Å². The van der Waals surface area contributed by atoms with Gasteiger partial charge in [0, 0.05) is 28.9 Å². The molecule has 0 aliphatic heterocycles. The molecule has 0 aliphatic rings. The average molecular weight is 378 g/mol. The van der Waals surface area contributed by atoms with E-state index in [2.05, 4.69) is 20.9 Å². The number of rotatable bonds is 4. The van der Waals surface area contributed by atoms with Crippen LogP contribution in [0.4, 0.5) is 0 Å². The third-order valence-corrected chi connectivity index (χ3v) is 4.69. The van der Waals surface area contributed by atoms with Crippen molar-refractivity contribution in [2.75, 3.05) is 0 Å². The maximum atomic E-state index is 9.90. The Morgan fingerprint density at radius 3 is 2.77 bits per heavy atom. The number of phenols is 1. The van der Waals surface area contributed by atoms with Crippen LogP contribution in [0.1, 0.15) is 17.0 Å². The van der Waals surface area contributed by atoms with Gasteiger partial charge in [0.15, 0.2) is 0 Å². The molecule has 2 aromatic carbocycles. The van der Waals surface area contributed by atoms with Gasteiger partial charge in [-0.25, -0.2) is 4.98 Å². The minimum absolute atomic E-state index is 0.302. The zero-order valence-corrected chi connectivity index (χ0v) is 14.0. The van der Waals surface area contributed by atoms with Crippen molar-refractivity contribution in [3.8, 4) is 5.75 Å². The second kappa shape index (κ2) is 6.55. The van der Waals surface area contributed by atoms with Crippen LogP contribution in [0, 0.1) is 0 Å². The summed E-state index contributed by atoms with van der Waals surface area (Å²) >= 11 is 9.46. The largest absolute Gasteiger partial charge is 0.508 e. The Bertz CT molecular complexity index is 801. The molecular weight excluding hydrogens is 364 g/mol. The van der Waals surface area contributed by atoms with E-state index in [4.69, 9.17) is 11.6 Å². The fourth-order valence-corrected chi connectivity index (χ4v) is 2.86. The average Bonchev–Trinajstić information content (AvgIpc) is 2.92. The molecule has 1 heterocycles. The molecule has 0 spiro atoms. The highest BCUT2D eigenvalue weighted by atomic mass is 79.9. The first-order valence-corrected chi connectivity index (χ1v) is 8.01. The van der Waals surface area contributed by atoms with Gasteiger partial charge in [0.25, 0.3) is 0 Å². The lowest BCUT2D eigenvalue weighted by atomic mass is 10.1. The predicted molar refractivity (Wildman–Crippen MR) is 91.4 cm³/mol. The van der Waals surface area contributed by atoms with Crippen molar-refractivity contribution in [3.63, 3.8) is 0 Å². The topological polar surface area (TPSA) is 38.0 Å². The van der Waals surface area contributed by atoms with Gasteiger partial charge in [-0.05, 0) is 39.7 Å². The molecule has 112 valence electrons. The number of aromatic hydroxyl groups is 1. The van der Waals surface area contributed by atoms with Crippen LogP contribution in [0.15, 0.2) is 59.3 Å². The van der Waals surface area contributed by atoms with E-state index < -0.39 is 0 Å². The maximum Gasteiger partial charge on any atom is 0.120 e. The van der Waals surface area contributed by atoms with Crippen LogP contribution in [0.3, 0.4) is 0 Å². The fourth-order valence-electron chi connectivity index (χ4n) is 2.31. The second-order valence-corrected chi connectivity index (χ2v) is 6.29. The summed E-state index contributed by atoms with van der Waals surface area (Å²) < 4.78 is 2.92. The van der Waals surface area contributed by atoms with Crippen LogP contribution >= 0.6 is 27.5 Å². The molecule has 0 amide bonds. The molecule has 1 aromatic heterocycles. The van der Waals surface area contributed by atoms with Crippen molar-refractivity contribution in [2.24, 2.45) is 0 Å². The first-order valence-electron chi connectivity index (χ1n) is 6.84. The number of hydrogen-bond donors (Lipinski definition) is 1. The lowest BCUT2D eigenvalue weighted by molar-refractivity contribution is 0.465. The van der Waals surface area contributed by atoms with E-state index in [0.717, 1.165) is 21.4 Å². The number of hydrogen-bond acceptors (Lipinski definition) is 2. The fraction of sp³-hybridized carbons (Fsp3) is 0.118. The quantitative estimate of drug-likeness (QED) is 0.719. The summed E-state index contributed by atoms with van der Waals surface area (Å²) in [7, 11) is 0. The SMILES string of the molecule is Oc1ccccc1Cn1ccnc1Cc1ccc(Cl)c(Br)c1. The Morgan fingerprint density at radius 1 is 1.18 bits per heavy atom. The van der Waals surface area contributed by atoms with Gasteiger partial charge in [-0.1, -0.05) is 35.9 Å². The van der Waals surface area contributed by atoms with Crippen LogP contribution in [0.5, 0.6) is 5.75 Å². The molecule has 22 heavy (non-hydrogen) atoms. The lowest BCUT2D eigenvalue weighted by Gasteiger charge is -2.10. The zero-order chi connectivity index (χ0) is 15.5. The van der Waals surface area contributed by atoms with Gasteiger partial charge in [-0.3, -0.25) is 0 Å². The normalized spacial score (nSPS) is 10.8. The van der Waals surface area contributed by atoms with Crippen molar-refractivity contribution < 1.29 is 5.11 Å². The van der Waals surface area contributed by atoms with Crippen molar-refractivity contribution >= 4 is 27.5 Å². The molecule has 3 rings (SSSR count). The van der Waals surface area contributed by atoms with Crippen LogP contribution in [0.25, 0.3) is 0 Å². The van der Waals surface area contributed by atoms with Crippen molar-refractivity contribution in [1.29, 1.82) is 0 Å². The number of halogens is 2. The molecule has 0 atom stereocenters. The van der Waals surface area contributed by atoms with E-state index in [1.54, 1.807) is 12.3 Å². The molecule has 0 saturated carbocycles. The van der Waals surface area contributed by atoms with Gasteiger partial charge in [0.05, 0.1) is 11.6 Å². The third-order valence-electron chi connectivity index (χ3n) is 3.48. The van der Waals surface area contributed by atoms with Crippen molar-refractivity contribution in [3.05, 3.63) is 81.3 Å². The summed E-state index contributed by atoms with van der Waals surface area (Å²) in [5.74, 6) is 1.24. The monoisotopic (exact) mass is 376 g/mol. The minimum Gasteiger partial charge on any atom is -0.508 e. The summed E-state index contributed by atoms with van der Waals surface area (Å²) in [4.78, 5) is 4.42. The van der Waals surface area contributed by atoms with Crippen LogP contribution in [-0.4, -0.2) is 14.7 Å². The summed E-state index contributed by atoms with van der Waals surface area (Å²) in [5.41, 5.74) is 2.00. The molecule has 0 bridgehead atoms. The van der Waals surface area contributed by atoms with E-state index in [9.17, 15) is 5.11 Å². The summed E-state index contributed by atoms with van der Waals surface area (Å²) in [6.45, 7) is 0.594. The predicted octanol–water partition coefficient (Wildman–Crippen LogP) is 4.64. The molecule has 0 aliphatic carbocycles. The van der Waals surface area contributed by atoms with E-state index in [0.29, 0.717) is 23.7 Å². The molecule has 0 saturated heterocycles. The Kier molecular flexibility index (Phi) is 4.50. The third kappa shape index (κ3) is 3.34. The zero-order valence-electron chi connectivity index (χ0n) is 11.7. The summed E-state index contributed by atoms with van der Waals surface area (Å²) in [6, 6.07) is 13.2.